The van der Waals surface area contributed by atoms with E-state index in [9.17, 15) is 4.79 Å². The molecule has 1 amide bonds. The highest BCUT2D eigenvalue weighted by Crippen LogP contribution is 2.33. The summed E-state index contributed by atoms with van der Waals surface area (Å²) in [6, 6.07) is 17.1. The van der Waals surface area contributed by atoms with Crippen LogP contribution in [0.3, 0.4) is 0 Å². The molecular formula is C26H27N5O3. The topological polar surface area (TPSA) is 80.0 Å². The standard InChI is InChI=1S/C26H27N5O3/c1-18-21(19(2)30(27-18)20-9-5-4-6-10-20)16-29(3)17-26(32)31-23(25-12-8-14-34-25)15-22(28-31)24-11-7-13-33-24/h4-14,23H,15-17H2,1-3H3/t23-/m0/s1. The van der Waals surface area contributed by atoms with Crippen molar-refractivity contribution >= 4 is 11.6 Å². The molecule has 0 saturated carbocycles. The van der Waals surface area contributed by atoms with E-state index in [1.165, 1.54) is 5.01 Å². The van der Waals surface area contributed by atoms with Gasteiger partial charge in [0.1, 0.15) is 23.3 Å². The van der Waals surface area contributed by atoms with Gasteiger partial charge in [-0.2, -0.15) is 10.2 Å². The molecule has 0 saturated heterocycles. The van der Waals surface area contributed by atoms with Gasteiger partial charge in [-0.05, 0) is 57.3 Å². The Kier molecular flexibility index (Phi) is 5.90. The largest absolute Gasteiger partial charge is 0.467 e. The summed E-state index contributed by atoms with van der Waals surface area (Å²) in [5.74, 6) is 1.27. The Bertz CT molecular complexity index is 1290. The summed E-state index contributed by atoms with van der Waals surface area (Å²) in [6.07, 6.45) is 3.77. The lowest BCUT2D eigenvalue weighted by Crippen LogP contribution is -2.36. The third-order valence-corrected chi connectivity index (χ3v) is 6.12. The monoisotopic (exact) mass is 457 g/mol. The van der Waals surface area contributed by atoms with Crippen LogP contribution < -0.4 is 0 Å². The Balaban J connectivity index is 1.33. The Morgan fingerprint density at radius 3 is 2.53 bits per heavy atom. The first kappa shape index (κ1) is 21.9. The molecule has 1 atom stereocenters. The number of hydrazone groups is 1. The minimum atomic E-state index is -0.291. The lowest BCUT2D eigenvalue weighted by atomic mass is 10.1. The number of para-hydroxylation sites is 1. The highest BCUT2D eigenvalue weighted by atomic mass is 16.3. The summed E-state index contributed by atoms with van der Waals surface area (Å²) in [5.41, 5.74) is 4.89. The molecule has 0 radical (unpaired) electrons. The van der Waals surface area contributed by atoms with E-state index in [1.807, 2.05) is 78.2 Å². The minimum Gasteiger partial charge on any atom is -0.467 e. The van der Waals surface area contributed by atoms with Gasteiger partial charge in [0, 0.05) is 24.2 Å². The summed E-state index contributed by atoms with van der Waals surface area (Å²) < 4.78 is 13.1. The Labute approximate surface area is 198 Å². The van der Waals surface area contributed by atoms with Crippen LogP contribution in [0.25, 0.3) is 5.69 Å². The normalized spacial score (nSPS) is 15.8. The van der Waals surface area contributed by atoms with E-state index in [4.69, 9.17) is 13.9 Å². The predicted octanol–water partition coefficient (Wildman–Crippen LogP) is 4.48. The fourth-order valence-electron chi connectivity index (χ4n) is 4.39. The van der Waals surface area contributed by atoms with Crippen molar-refractivity contribution in [2.45, 2.75) is 32.9 Å². The first-order chi connectivity index (χ1) is 16.5. The number of amides is 1. The second-order valence-corrected chi connectivity index (χ2v) is 8.57. The number of nitrogens with zero attached hydrogens (tertiary/aromatic N) is 5. The number of benzene rings is 1. The molecular weight excluding hydrogens is 430 g/mol. The first-order valence-corrected chi connectivity index (χ1v) is 11.3. The van der Waals surface area contributed by atoms with Crippen LogP contribution in [0.4, 0.5) is 0 Å². The highest BCUT2D eigenvalue weighted by molar-refractivity contribution is 6.01. The summed E-state index contributed by atoms with van der Waals surface area (Å²) >= 11 is 0. The molecule has 5 rings (SSSR count). The Morgan fingerprint density at radius 2 is 1.82 bits per heavy atom. The number of likely N-dealkylation sites (N-methyl/N-ethyl adjacent to an activating group) is 1. The molecule has 0 bridgehead atoms. The van der Waals surface area contributed by atoms with Crippen molar-refractivity contribution in [3.8, 4) is 5.69 Å². The third kappa shape index (κ3) is 4.20. The maximum atomic E-state index is 13.3. The third-order valence-electron chi connectivity index (χ3n) is 6.12. The zero-order chi connectivity index (χ0) is 23.7. The van der Waals surface area contributed by atoms with Crippen molar-refractivity contribution in [1.82, 2.24) is 19.7 Å². The molecule has 8 nitrogen and oxygen atoms in total. The van der Waals surface area contributed by atoms with Gasteiger partial charge in [0.25, 0.3) is 5.91 Å². The van der Waals surface area contributed by atoms with Gasteiger partial charge in [-0.15, -0.1) is 0 Å². The lowest BCUT2D eigenvalue weighted by Gasteiger charge is -2.23. The summed E-state index contributed by atoms with van der Waals surface area (Å²) in [4.78, 5) is 15.3. The van der Waals surface area contributed by atoms with Crippen LogP contribution in [-0.2, 0) is 11.3 Å². The van der Waals surface area contributed by atoms with E-state index in [0.717, 1.165) is 28.4 Å². The van der Waals surface area contributed by atoms with E-state index in [-0.39, 0.29) is 18.5 Å². The number of carbonyl (C=O) groups is 1. The van der Waals surface area contributed by atoms with Gasteiger partial charge in [-0.3, -0.25) is 9.69 Å². The smallest absolute Gasteiger partial charge is 0.257 e. The predicted molar refractivity (Wildman–Crippen MR) is 128 cm³/mol. The number of carbonyl (C=O) groups excluding carboxylic acids is 1. The molecule has 0 unspecified atom stereocenters. The van der Waals surface area contributed by atoms with Crippen LogP contribution >= 0.6 is 0 Å². The van der Waals surface area contributed by atoms with Crippen molar-refractivity contribution in [2.24, 2.45) is 5.10 Å². The summed E-state index contributed by atoms with van der Waals surface area (Å²) in [7, 11) is 1.94. The first-order valence-electron chi connectivity index (χ1n) is 11.3. The highest BCUT2D eigenvalue weighted by Gasteiger charge is 2.36. The van der Waals surface area contributed by atoms with Crippen LogP contribution in [0.2, 0.25) is 0 Å². The number of hydrogen-bond donors (Lipinski definition) is 0. The molecule has 0 fully saturated rings. The summed E-state index contributed by atoms with van der Waals surface area (Å²) in [5, 5.41) is 10.9. The van der Waals surface area contributed by atoms with Crippen molar-refractivity contribution in [1.29, 1.82) is 0 Å². The second kappa shape index (κ2) is 9.15. The molecule has 34 heavy (non-hydrogen) atoms. The zero-order valence-corrected chi connectivity index (χ0v) is 19.5. The van der Waals surface area contributed by atoms with Gasteiger partial charge in [0.15, 0.2) is 0 Å². The molecule has 4 aromatic rings. The number of furan rings is 2. The lowest BCUT2D eigenvalue weighted by molar-refractivity contribution is -0.134. The molecule has 0 aliphatic carbocycles. The molecule has 1 aromatic carbocycles. The fraction of sp³-hybridized carbons (Fsp3) is 0.269. The van der Waals surface area contributed by atoms with Crippen molar-refractivity contribution in [2.75, 3.05) is 13.6 Å². The molecule has 4 heterocycles. The van der Waals surface area contributed by atoms with Gasteiger partial charge in [0.05, 0.1) is 30.5 Å². The van der Waals surface area contributed by atoms with E-state index >= 15 is 0 Å². The number of hydrogen-bond acceptors (Lipinski definition) is 6. The minimum absolute atomic E-state index is 0.101. The Hall–Kier alpha value is -3.91. The average Bonchev–Trinajstić information content (AvgIpc) is 3.63. The van der Waals surface area contributed by atoms with Crippen LogP contribution in [-0.4, -0.2) is 44.9 Å². The van der Waals surface area contributed by atoms with Crippen molar-refractivity contribution in [3.63, 3.8) is 0 Å². The maximum Gasteiger partial charge on any atom is 0.257 e. The SMILES string of the molecule is Cc1nn(-c2ccccc2)c(C)c1CN(C)CC(=O)N1N=C(c2ccco2)C[C@H]1c1ccco1. The maximum absolute atomic E-state index is 13.3. The van der Waals surface area contributed by atoms with Gasteiger partial charge in [-0.1, -0.05) is 18.2 Å². The average molecular weight is 458 g/mol. The molecule has 0 spiro atoms. The summed E-state index contributed by atoms with van der Waals surface area (Å²) in [6.45, 7) is 4.88. The van der Waals surface area contributed by atoms with Crippen LogP contribution in [0, 0.1) is 13.8 Å². The quantitative estimate of drug-likeness (QED) is 0.409. The zero-order valence-electron chi connectivity index (χ0n) is 19.5. The molecule has 1 aliphatic heterocycles. The van der Waals surface area contributed by atoms with Gasteiger partial charge in [-0.25, -0.2) is 9.69 Å². The van der Waals surface area contributed by atoms with E-state index < -0.39 is 0 Å². The second-order valence-electron chi connectivity index (χ2n) is 8.57. The van der Waals surface area contributed by atoms with E-state index in [2.05, 4.69) is 12.0 Å². The van der Waals surface area contributed by atoms with Gasteiger partial charge >= 0.3 is 0 Å². The van der Waals surface area contributed by atoms with Crippen LogP contribution in [0.1, 0.15) is 40.9 Å². The van der Waals surface area contributed by atoms with E-state index in [0.29, 0.717) is 24.5 Å². The number of rotatable bonds is 7. The van der Waals surface area contributed by atoms with Gasteiger partial charge in [0.2, 0.25) is 0 Å². The van der Waals surface area contributed by atoms with Gasteiger partial charge < -0.3 is 8.83 Å². The Morgan fingerprint density at radius 1 is 1.06 bits per heavy atom. The van der Waals surface area contributed by atoms with Crippen molar-refractivity contribution < 1.29 is 13.6 Å². The number of aromatic nitrogens is 2. The fourth-order valence-corrected chi connectivity index (χ4v) is 4.39. The van der Waals surface area contributed by atoms with Crippen LogP contribution in [0.15, 0.2) is 81.1 Å². The van der Waals surface area contributed by atoms with E-state index in [1.54, 1.807) is 12.5 Å². The molecule has 0 N–H and O–H groups in total. The van der Waals surface area contributed by atoms with Crippen LogP contribution in [0.5, 0.6) is 0 Å². The van der Waals surface area contributed by atoms with Crippen molar-refractivity contribution in [3.05, 3.63) is 95.6 Å². The number of aryl methyl sites for hydroxylation is 1. The molecule has 3 aromatic heterocycles. The molecule has 1 aliphatic rings. The molecule has 8 heteroatoms. The molecule has 174 valence electrons.